The standard InChI is InChI=1S/C25H34N2O7S/c1-17-13-27(18(2)15-28)35(30,31)24-11-8-20(19-6-9-21(33-5)10-7-19)12-22(24)34-23(17)14-26(3)25(29)16-32-4/h6-12,17-18,23,28H,13-16H2,1-5H3/t17-,18+,23-/m1/s1. The molecular weight excluding hydrogens is 472 g/mol. The van der Waals surface area contributed by atoms with Gasteiger partial charge in [0.1, 0.15) is 29.1 Å². The van der Waals surface area contributed by atoms with Crippen LogP contribution in [-0.2, 0) is 19.6 Å². The van der Waals surface area contributed by atoms with Crippen LogP contribution >= 0.6 is 0 Å². The first kappa shape index (κ1) is 26.9. The van der Waals surface area contributed by atoms with Crippen molar-refractivity contribution in [2.75, 3.05) is 47.6 Å². The van der Waals surface area contributed by atoms with Crippen molar-refractivity contribution in [2.24, 2.45) is 5.92 Å². The van der Waals surface area contributed by atoms with E-state index in [1.807, 2.05) is 31.2 Å². The van der Waals surface area contributed by atoms with Crippen LogP contribution in [0.4, 0.5) is 0 Å². The predicted octanol–water partition coefficient (Wildman–Crippen LogP) is 2.24. The van der Waals surface area contributed by atoms with Crippen LogP contribution in [0.5, 0.6) is 11.5 Å². The van der Waals surface area contributed by atoms with E-state index in [9.17, 15) is 18.3 Å². The Balaban J connectivity index is 2.08. The third kappa shape index (κ3) is 5.95. The highest BCUT2D eigenvalue weighted by atomic mass is 32.2. The molecule has 9 nitrogen and oxygen atoms in total. The molecule has 0 aromatic heterocycles. The van der Waals surface area contributed by atoms with Crippen LogP contribution in [0.1, 0.15) is 13.8 Å². The molecule has 0 bridgehead atoms. The minimum Gasteiger partial charge on any atom is -0.497 e. The molecule has 1 aliphatic heterocycles. The van der Waals surface area contributed by atoms with Crippen LogP contribution in [0, 0.1) is 5.92 Å². The number of hydrogen-bond donors (Lipinski definition) is 1. The maximum absolute atomic E-state index is 13.6. The summed E-state index contributed by atoms with van der Waals surface area (Å²) < 4.78 is 45.1. The van der Waals surface area contributed by atoms with Gasteiger partial charge < -0.3 is 24.2 Å². The van der Waals surface area contributed by atoms with Crippen LogP contribution in [0.15, 0.2) is 47.4 Å². The monoisotopic (exact) mass is 506 g/mol. The van der Waals surface area contributed by atoms with Gasteiger partial charge in [-0.3, -0.25) is 4.79 Å². The van der Waals surface area contributed by atoms with Crippen LogP contribution in [0.2, 0.25) is 0 Å². The fourth-order valence-electron chi connectivity index (χ4n) is 4.01. The highest BCUT2D eigenvalue weighted by molar-refractivity contribution is 7.89. The smallest absolute Gasteiger partial charge is 0.248 e. The molecule has 0 radical (unpaired) electrons. The number of aliphatic hydroxyl groups excluding tert-OH is 1. The Morgan fingerprint density at radius 3 is 2.46 bits per heavy atom. The molecule has 10 heteroatoms. The van der Waals surface area contributed by atoms with Crippen molar-refractivity contribution in [2.45, 2.75) is 30.9 Å². The number of benzene rings is 2. The lowest BCUT2D eigenvalue weighted by Gasteiger charge is -2.37. The molecular formula is C25H34N2O7S. The quantitative estimate of drug-likeness (QED) is 0.585. The van der Waals surface area contributed by atoms with E-state index in [-0.39, 0.29) is 48.8 Å². The fraction of sp³-hybridized carbons (Fsp3) is 0.480. The largest absolute Gasteiger partial charge is 0.497 e. The number of nitrogens with zero attached hydrogens (tertiary/aromatic N) is 2. The topological polar surface area (TPSA) is 106 Å². The van der Waals surface area contributed by atoms with Crippen molar-refractivity contribution in [3.63, 3.8) is 0 Å². The molecule has 192 valence electrons. The summed E-state index contributed by atoms with van der Waals surface area (Å²) in [5.41, 5.74) is 1.65. The van der Waals surface area contributed by atoms with Crippen LogP contribution in [0.25, 0.3) is 11.1 Å². The normalized spacial score (nSPS) is 20.6. The molecule has 1 heterocycles. The maximum atomic E-state index is 13.6. The number of carbonyl (C=O) groups excluding carboxylic acids is 1. The minimum atomic E-state index is -3.95. The summed E-state index contributed by atoms with van der Waals surface area (Å²) in [7, 11) is 0.763. The molecule has 0 aliphatic carbocycles. The highest BCUT2D eigenvalue weighted by Gasteiger charge is 2.38. The number of hydrogen-bond acceptors (Lipinski definition) is 7. The first-order valence-corrected chi connectivity index (χ1v) is 12.9. The Morgan fingerprint density at radius 1 is 1.20 bits per heavy atom. The molecule has 2 aromatic carbocycles. The van der Waals surface area contributed by atoms with E-state index in [2.05, 4.69) is 0 Å². The average molecular weight is 507 g/mol. The Labute approximate surface area is 207 Å². The van der Waals surface area contributed by atoms with E-state index in [1.54, 1.807) is 33.2 Å². The van der Waals surface area contributed by atoms with E-state index in [0.29, 0.717) is 5.75 Å². The summed E-state index contributed by atoms with van der Waals surface area (Å²) in [5, 5.41) is 9.78. The lowest BCUT2D eigenvalue weighted by atomic mass is 10.0. The number of carbonyl (C=O) groups is 1. The zero-order valence-electron chi connectivity index (χ0n) is 20.8. The van der Waals surface area contributed by atoms with Crippen LogP contribution < -0.4 is 9.47 Å². The van der Waals surface area contributed by atoms with E-state index >= 15 is 0 Å². The highest BCUT2D eigenvalue weighted by Crippen LogP contribution is 2.36. The first-order valence-electron chi connectivity index (χ1n) is 11.4. The maximum Gasteiger partial charge on any atom is 0.248 e. The van der Waals surface area contributed by atoms with Crippen molar-refractivity contribution in [3.05, 3.63) is 42.5 Å². The number of methoxy groups -OCH3 is 2. The van der Waals surface area contributed by atoms with Gasteiger partial charge in [-0.05, 0) is 42.3 Å². The summed E-state index contributed by atoms with van der Waals surface area (Å²) in [6, 6.07) is 11.8. The van der Waals surface area contributed by atoms with E-state index in [4.69, 9.17) is 14.2 Å². The Bertz CT molecular complexity index is 1120. The lowest BCUT2D eigenvalue weighted by molar-refractivity contribution is -0.135. The van der Waals surface area contributed by atoms with Gasteiger partial charge in [0.25, 0.3) is 0 Å². The third-order valence-corrected chi connectivity index (χ3v) is 8.26. The van der Waals surface area contributed by atoms with Gasteiger partial charge in [-0.1, -0.05) is 25.1 Å². The second-order valence-corrected chi connectivity index (χ2v) is 10.7. The summed E-state index contributed by atoms with van der Waals surface area (Å²) in [4.78, 5) is 13.9. The van der Waals surface area contributed by atoms with Crippen molar-refractivity contribution < 1.29 is 32.5 Å². The average Bonchev–Trinajstić information content (AvgIpc) is 2.85. The molecule has 0 unspecified atom stereocenters. The first-order chi connectivity index (χ1) is 16.6. The Hall–Kier alpha value is -2.66. The molecule has 0 spiro atoms. The second kappa shape index (κ2) is 11.4. The number of ether oxygens (including phenoxy) is 3. The third-order valence-electron chi connectivity index (χ3n) is 6.24. The summed E-state index contributed by atoms with van der Waals surface area (Å²) >= 11 is 0. The number of sulfonamides is 1. The van der Waals surface area contributed by atoms with Crippen molar-refractivity contribution in [3.8, 4) is 22.6 Å². The van der Waals surface area contributed by atoms with Crippen LogP contribution in [-0.4, -0.2) is 88.4 Å². The molecule has 1 aliphatic rings. The molecule has 1 amide bonds. The molecule has 0 fully saturated rings. The van der Waals surface area contributed by atoms with Crippen LogP contribution in [0.3, 0.4) is 0 Å². The van der Waals surface area contributed by atoms with Crippen molar-refractivity contribution in [1.82, 2.24) is 9.21 Å². The summed E-state index contributed by atoms with van der Waals surface area (Å²) in [5.74, 6) is 0.447. The predicted molar refractivity (Wildman–Crippen MR) is 132 cm³/mol. The molecule has 2 aromatic rings. The molecule has 35 heavy (non-hydrogen) atoms. The van der Waals surface area contributed by atoms with Gasteiger partial charge in [0.2, 0.25) is 15.9 Å². The van der Waals surface area contributed by atoms with Crippen molar-refractivity contribution >= 4 is 15.9 Å². The van der Waals surface area contributed by atoms with E-state index < -0.39 is 22.2 Å². The summed E-state index contributed by atoms with van der Waals surface area (Å²) in [6.45, 7) is 3.56. The van der Waals surface area contributed by atoms with Crippen molar-refractivity contribution in [1.29, 1.82) is 0 Å². The molecule has 0 saturated carbocycles. The molecule has 3 atom stereocenters. The van der Waals surface area contributed by atoms with E-state index in [1.165, 1.54) is 22.4 Å². The van der Waals surface area contributed by atoms with Gasteiger partial charge in [0, 0.05) is 32.7 Å². The van der Waals surface area contributed by atoms with Gasteiger partial charge in [0.05, 0.1) is 20.3 Å². The molecule has 0 saturated heterocycles. The van der Waals surface area contributed by atoms with Gasteiger partial charge >= 0.3 is 0 Å². The zero-order chi connectivity index (χ0) is 25.8. The number of likely N-dealkylation sites (N-methyl/N-ethyl adjacent to an activating group) is 1. The van der Waals surface area contributed by atoms with Gasteiger partial charge in [-0.25, -0.2) is 8.42 Å². The van der Waals surface area contributed by atoms with Gasteiger partial charge in [0.15, 0.2) is 0 Å². The van der Waals surface area contributed by atoms with E-state index in [0.717, 1.165) is 11.1 Å². The molecule has 3 rings (SSSR count). The second-order valence-electron chi connectivity index (χ2n) is 8.84. The number of amides is 1. The number of fused-ring (bicyclic) bond motifs is 1. The fourth-order valence-corrected chi connectivity index (χ4v) is 5.84. The molecule has 1 N–H and O–H groups in total. The van der Waals surface area contributed by atoms with Gasteiger partial charge in [-0.15, -0.1) is 0 Å². The minimum absolute atomic E-state index is 0.0258. The SMILES string of the molecule is COCC(=O)N(C)C[C@H]1Oc2cc(-c3ccc(OC)cc3)ccc2S(=O)(=O)N([C@@H](C)CO)C[C@H]1C. The lowest BCUT2D eigenvalue weighted by Crippen LogP contribution is -2.50. The Morgan fingerprint density at radius 2 is 1.86 bits per heavy atom. The number of aliphatic hydroxyl groups is 1. The zero-order valence-corrected chi connectivity index (χ0v) is 21.6. The van der Waals surface area contributed by atoms with Gasteiger partial charge in [-0.2, -0.15) is 4.31 Å². The Kier molecular flexibility index (Phi) is 8.76. The summed E-state index contributed by atoms with van der Waals surface area (Å²) in [6.07, 6.45) is -0.491. The number of rotatable bonds is 8.